The fourth-order valence-corrected chi connectivity index (χ4v) is 3.30. The summed E-state index contributed by atoms with van der Waals surface area (Å²) in [5.74, 6) is -0.186. The van der Waals surface area contributed by atoms with Gasteiger partial charge in [0.2, 0.25) is 11.8 Å². The molecule has 7 nitrogen and oxygen atoms in total. The van der Waals surface area contributed by atoms with Crippen molar-refractivity contribution in [3.8, 4) is 0 Å². The molecule has 1 heterocycles. The molecule has 7 heteroatoms. The molecule has 1 spiro atoms. The number of nitrogens with one attached hydrogen (secondary N) is 2. The van der Waals surface area contributed by atoms with E-state index in [0.29, 0.717) is 26.2 Å². The van der Waals surface area contributed by atoms with E-state index in [0.717, 1.165) is 19.3 Å². The zero-order valence-electron chi connectivity index (χ0n) is 15.4. The molecule has 1 saturated carbocycles. The zero-order chi connectivity index (χ0) is 18.7. The molecule has 0 bridgehead atoms. The first-order valence-electron chi connectivity index (χ1n) is 8.83. The molecule has 140 valence electrons. The number of hydrogen-bond donors (Lipinski definition) is 2. The van der Waals surface area contributed by atoms with E-state index in [-0.39, 0.29) is 29.2 Å². The number of carbonyl (C=O) groups excluding carboxylic acids is 3. The Balaban J connectivity index is 1.70. The monoisotopic (exact) mass is 351 g/mol. The van der Waals surface area contributed by atoms with Crippen LogP contribution in [0.3, 0.4) is 0 Å². The van der Waals surface area contributed by atoms with Crippen molar-refractivity contribution >= 4 is 17.9 Å². The van der Waals surface area contributed by atoms with Crippen molar-refractivity contribution in [2.45, 2.75) is 45.6 Å². The van der Waals surface area contributed by atoms with Crippen LogP contribution in [0, 0.1) is 11.3 Å². The number of rotatable bonds is 5. The standard InChI is InChI=1S/C18H29N3O4/c1-5-14(22)19-8-9-20-15(23)13-12-18(13)6-10-21(11-7-18)16(24)25-17(2,3)4/h5,13H,1,6-12H2,2-4H3,(H,19,22)(H,20,23). The average Bonchev–Trinajstić information content (AvgIpc) is 3.23. The number of ether oxygens (including phenoxy) is 1. The molecule has 2 aliphatic rings. The minimum atomic E-state index is -0.491. The van der Waals surface area contributed by atoms with Gasteiger partial charge in [0, 0.05) is 32.1 Å². The van der Waals surface area contributed by atoms with Crippen LogP contribution in [0.4, 0.5) is 4.79 Å². The third kappa shape index (κ3) is 5.21. The van der Waals surface area contributed by atoms with Gasteiger partial charge in [-0.1, -0.05) is 6.58 Å². The second kappa shape index (κ2) is 7.45. The number of nitrogens with zero attached hydrogens (tertiary/aromatic N) is 1. The van der Waals surface area contributed by atoms with Gasteiger partial charge in [-0.2, -0.15) is 0 Å². The van der Waals surface area contributed by atoms with Crippen LogP contribution in [0.25, 0.3) is 0 Å². The molecule has 2 rings (SSSR count). The first-order valence-corrected chi connectivity index (χ1v) is 8.83. The lowest BCUT2D eigenvalue weighted by molar-refractivity contribution is -0.123. The van der Waals surface area contributed by atoms with Gasteiger partial charge in [0.1, 0.15) is 5.60 Å². The van der Waals surface area contributed by atoms with E-state index in [1.807, 2.05) is 20.8 Å². The maximum Gasteiger partial charge on any atom is 0.410 e. The second-order valence-corrected chi connectivity index (χ2v) is 7.87. The Labute approximate surface area is 149 Å². The van der Waals surface area contributed by atoms with Crippen LogP contribution in [-0.4, -0.2) is 54.6 Å². The summed E-state index contributed by atoms with van der Waals surface area (Å²) >= 11 is 0. The minimum Gasteiger partial charge on any atom is -0.444 e. The van der Waals surface area contributed by atoms with Gasteiger partial charge in [-0.05, 0) is 51.5 Å². The molecule has 0 aromatic heterocycles. The molecule has 25 heavy (non-hydrogen) atoms. The predicted octanol–water partition coefficient (Wildman–Crippen LogP) is 1.44. The van der Waals surface area contributed by atoms with Crippen LogP contribution in [0.5, 0.6) is 0 Å². The first-order chi connectivity index (χ1) is 11.7. The molecule has 1 aliphatic heterocycles. The highest BCUT2D eigenvalue weighted by molar-refractivity contribution is 5.87. The van der Waals surface area contributed by atoms with E-state index in [9.17, 15) is 14.4 Å². The second-order valence-electron chi connectivity index (χ2n) is 7.87. The van der Waals surface area contributed by atoms with Gasteiger partial charge in [-0.25, -0.2) is 4.79 Å². The Hall–Kier alpha value is -2.05. The maximum atomic E-state index is 12.2. The maximum absolute atomic E-state index is 12.2. The fourth-order valence-electron chi connectivity index (χ4n) is 3.30. The van der Waals surface area contributed by atoms with Crippen molar-refractivity contribution in [1.82, 2.24) is 15.5 Å². The van der Waals surface area contributed by atoms with E-state index in [4.69, 9.17) is 4.74 Å². The van der Waals surface area contributed by atoms with Crippen molar-refractivity contribution in [1.29, 1.82) is 0 Å². The van der Waals surface area contributed by atoms with Crippen LogP contribution < -0.4 is 10.6 Å². The highest BCUT2D eigenvalue weighted by Crippen LogP contribution is 2.59. The highest BCUT2D eigenvalue weighted by atomic mass is 16.6. The normalized spacial score (nSPS) is 21.4. The summed E-state index contributed by atoms with van der Waals surface area (Å²) in [4.78, 5) is 37.1. The molecule has 0 aromatic carbocycles. The molecule has 3 amide bonds. The molecular weight excluding hydrogens is 322 g/mol. The van der Waals surface area contributed by atoms with E-state index >= 15 is 0 Å². The quantitative estimate of drug-likeness (QED) is 0.580. The van der Waals surface area contributed by atoms with E-state index in [1.165, 1.54) is 6.08 Å². The number of carbonyl (C=O) groups is 3. The lowest BCUT2D eigenvalue weighted by Gasteiger charge is -2.34. The van der Waals surface area contributed by atoms with Crippen LogP contribution in [-0.2, 0) is 14.3 Å². The molecular formula is C18H29N3O4. The fraction of sp³-hybridized carbons (Fsp3) is 0.722. The summed E-state index contributed by atoms with van der Waals surface area (Å²) < 4.78 is 5.40. The lowest BCUT2D eigenvalue weighted by Crippen LogP contribution is -2.43. The third-order valence-corrected chi connectivity index (χ3v) is 4.83. The topological polar surface area (TPSA) is 87.7 Å². The van der Waals surface area contributed by atoms with Gasteiger partial charge < -0.3 is 20.3 Å². The predicted molar refractivity (Wildman–Crippen MR) is 93.8 cm³/mol. The average molecular weight is 351 g/mol. The number of likely N-dealkylation sites (tertiary alicyclic amines) is 1. The summed E-state index contributed by atoms with van der Waals surface area (Å²) in [6.07, 6.45) is 3.47. The first kappa shape index (κ1) is 19.3. The Morgan fingerprint density at radius 1 is 1.20 bits per heavy atom. The highest BCUT2D eigenvalue weighted by Gasteiger charge is 2.58. The molecule has 0 aromatic rings. The third-order valence-electron chi connectivity index (χ3n) is 4.83. The van der Waals surface area contributed by atoms with Gasteiger partial charge in [0.15, 0.2) is 0 Å². The van der Waals surface area contributed by atoms with E-state index < -0.39 is 5.60 Å². The van der Waals surface area contributed by atoms with Gasteiger partial charge in [-0.15, -0.1) is 0 Å². The lowest BCUT2D eigenvalue weighted by atomic mass is 9.91. The van der Waals surface area contributed by atoms with Crippen LogP contribution in [0.15, 0.2) is 12.7 Å². The molecule has 0 radical (unpaired) electrons. The smallest absolute Gasteiger partial charge is 0.410 e. The molecule has 1 aliphatic carbocycles. The van der Waals surface area contributed by atoms with Crippen LogP contribution in [0.2, 0.25) is 0 Å². The van der Waals surface area contributed by atoms with Crippen molar-refractivity contribution in [2.75, 3.05) is 26.2 Å². The Morgan fingerprint density at radius 3 is 2.36 bits per heavy atom. The summed E-state index contributed by atoms with van der Waals surface area (Å²) in [7, 11) is 0. The SMILES string of the molecule is C=CC(=O)NCCNC(=O)C1CC12CCN(C(=O)OC(C)(C)C)CC2. The van der Waals surface area contributed by atoms with Crippen molar-refractivity contribution < 1.29 is 19.1 Å². The molecule has 1 unspecified atom stereocenters. The van der Waals surface area contributed by atoms with Gasteiger partial charge in [0.05, 0.1) is 0 Å². The molecule has 2 N–H and O–H groups in total. The summed E-state index contributed by atoms with van der Waals surface area (Å²) in [5, 5.41) is 5.49. The largest absolute Gasteiger partial charge is 0.444 e. The summed E-state index contributed by atoms with van der Waals surface area (Å²) in [5.41, 5.74) is -0.456. The number of piperidine rings is 1. The molecule has 2 fully saturated rings. The molecule has 1 saturated heterocycles. The number of amides is 3. The van der Waals surface area contributed by atoms with E-state index in [1.54, 1.807) is 4.90 Å². The van der Waals surface area contributed by atoms with Gasteiger partial charge in [0.25, 0.3) is 0 Å². The minimum absolute atomic E-state index is 0.0170. The Bertz CT molecular complexity index is 545. The van der Waals surface area contributed by atoms with E-state index in [2.05, 4.69) is 17.2 Å². The van der Waals surface area contributed by atoms with Crippen molar-refractivity contribution in [3.05, 3.63) is 12.7 Å². The molecule has 1 atom stereocenters. The zero-order valence-corrected chi connectivity index (χ0v) is 15.4. The van der Waals surface area contributed by atoms with Crippen molar-refractivity contribution in [3.63, 3.8) is 0 Å². The Kier molecular flexibility index (Phi) is 5.75. The number of hydrogen-bond acceptors (Lipinski definition) is 4. The van der Waals surface area contributed by atoms with Crippen LogP contribution >= 0.6 is 0 Å². The Morgan fingerprint density at radius 2 is 1.80 bits per heavy atom. The van der Waals surface area contributed by atoms with Crippen molar-refractivity contribution in [2.24, 2.45) is 11.3 Å². The van der Waals surface area contributed by atoms with Gasteiger partial charge >= 0.3 is 6.09 Å². The van der Waals surface area contributed by atoms with Crippen LogP contribution in [0.1, 0.15) is 40.0 Å². The summed E-state index contributed by atoms with van der Waals surface area (Å²) in [6, 6.07) is 0. The summed E-state index contributed by atoms with van der Waals surface area (Å²) in [6.45, 7) is 11.0. The van der Waals surface area contributed by atoms with Gasteiger partial charge in [-0.3, -0.25) is 9.59 Å².